The number of phenolic OH excluding ortho intramolecular Hbond substituents is 1. The van der Waals surface area contributed by atoms with Crippen molar-refractivity contribution in [2.75, 3.05) is 13.2 Å². The average molecular weight is 510 g/mol. The zero-order valence-corrected chi connectivity index (χ0v) is 23.8. The highest BCUT2D eigenvalue weighted by atomic mass is 32.2. The predicted molar refractivity (Wildman–Crippen MR) is 149 cm³/mol. The number of thioether (sulfide) groups is 1. The third kappa shape index (κ3) is 6.15. The lowest BCUT2D eigenvalue weighted by Gasteiger charge is -2.28. The molecule has 6 heteroatoms. The minimum absolute atomic E-state index is 0.184. The fourth-order valence-corrected chi connectivity index (χ4v) is 5.08. The number of hydrogen-bond acceptors (Lipinski definition) is 5. The van der Waals surface area contributed by atoms with Crippen molar-refractivity contribution in [3.05, 3.63) is 63.1 Å². The van der Waals surface area contributed by atoms with Gasteiger partial charge in [0.2, 0.25) is 0 Å². The Morgan fingerprint density at radius 1 is 1.00 bits per heavy atom. The molecule has 2 amide bonds. The van der Waals surface area contributed by atoms with Gasteiger partial charge in [-0.1, -0.05) is 67.5 Å². The first-order valence-electron chi connectivity index (χ1n) is 12.5. The fourth-order valence-electron chi connectivity index (χ4n) is 4.22. The molecule has 1 aliphatic heterocycles. The number of carbonyl (C=O) groups is 2. The number of imide groups is 1. The number of hydrogen-bond donors (Lipinski definition) is 1. The van der Waals surface area contributed by atoms with E-state index in [2.05, 4.69) is 26.0 Å². The van der Waals surface area contributed by atoms with E-state index in [1.165, 1.54) is 4.90 Å². The SMILES string of the molecule is Cc1ccc(C(C)C)c(OCCN2C(=O)S/C(=C\c3cc(C(C)(C)C)c(O)c(C(C)(C)C)c3)C2=O)c1. The quantitative estimate of drug-likeness (QED) is 0.408. The topological polar surface area (TPSA) is 66.8 Å². The summed E-state index contributed by atoms with van der Waals surface area (Å²) in [6, 6.07) is 9.93. The summed E-state index contributed by atoms with van der Waals surface area (Å²) >= 11 is 0.945. The van der Waals surface area contributed by atoms with Gasteiger partial charge >= 0.3 is 0 Å². The van der Waals surface area contributed by atoms with Crippen LogP contribution in [-0.2, 0) is 15.6 Å². The first-order valence-corrected chi connectivity index (χ1v) is 13.3. The first-order chi connectivity index (χ1) is 16.6. The number of aromatic hydroxyl groups is 1. The predicted octanol–water partition coefficient (Wildman–Crippen LogP) is 7.53. The molecule has 0 saturated carbocycles. The molecule has 3 rings (SSSR count). The van der Waals surface area contributed by atoms with Gasteiger partial charge in [0.15, 0.2) is 0 Å². The number of amides is 2. The molecule has 2 aromatic rings. The average Bonchev–Trinajstić information content (AvgIpc) is 3.00. The first kappa shape index (κ1) is 27.9. The smallest absolute Gasteiger partial charge is 0.293 e. The van der Waals surface area contributed by atoms with Crippen molar-refractivity contribution in [1.29, 1.82) is 0 Å². The summed E-state index contributed by atoms with van der Waals surface area (Å²) in [5, 5.41) is 10.7. The van der Waals surface area contributed by atoms with Crippen molar-refractivity contribution in [3.8, 4) is 11.5 Å². The van der Waals surface area contributed by atoms with Gasteiger partial charge in [0, 0.05) is 11.1 Å². The molecule has 5 nitrogen and oxygen atoms in total. The molecule has 36 heavy (non-hydrogen) atoms. The maximum absolute atomic E-state index is 13.1. The minimum Gasteiger partial charge on any atom is -0.507 e. The number of phenols is 1. The molecule has 0 atom stereocenters. The van der Waals surface area contributed by atoms with Crippen LogP contribution in [0.15, 0.2) is 35.2 Å². The van der Waals surface area contributed by atoms with Crippen LogP contribution in [0.5, 0.6) is 11.5 Å². The van der Waals surface area contributed by atoms with Gasteiger partial charge in [-0.25, -0.2) is 0 Å². The van der Waals surface area contributed by atoms with Gasteiger partial charge in [-0.3, -0.25) is 14.5 Å². The summed E-state index contributed by atoms with van der Waals surface area (Å²) in [4.78, 5) is 27.5. The van der Waals surface area contributed by atoms with Crippen LogP contribution in [0.2, 0.25) is 0 Å². The summed E-state index contributed by atoms with van der Waals surface area (Å²) in [5.74, 6) is 1.07. The molecule has 1 fully saturated rings. The van der Waals surface area contributed by atoms with Gasteiger partial charge in [0.05, 0.1) is 11.4 Å². The van der Waals surface area contributed by atoms with Gasteiger partial charge in [0.1, 0.15) is 18.1 Å². The zero-order valence-electron chi connectivity index (χ0n) is 23.0. The molecule has 0 spiro atoms. The van der Waals surface area contributed by atoms with E-state index in [9.17, 15) is 14.7 Å². The van der Waals surface area contributed by atoms with E-state index in [1.807, 2.05) is 66.7 Å². The molecule has 1 N–H and O–H groups in total. The van der Waals surface area contributed by atoms with Crippen LogP contribution in [0.25, 0.3) is 6.08 Å². The molecule has 1 aliphatic rings. The van der Waals surface area contributed by atoms with E-state index in [1.54, 1.807) is 6.08 Å². The van der Waals surface area contributed by atoms with Crippen LogP contribution < -0.4 is 4.74 Å². The molecule has 0 bridgehead atoms. The molecule has 1 heterocycles. The summed E-state index contributed by atoms with van der Waals surface area (Å²) in [6.07, 6.45) is 1.76. The summed E-state index contributed by atoms with van der Waals surface area (Å²) in [7, 11) is 0. The Balaban J connectivity index is 1.83. The van der Waals surface area contributed by atoms with Gasteiger partial charge in [-0.2, -0.15) is 0 Å². The number of benzene rings is 2. The molecular weight excluding hydrogens is 470 g/mol. The number of nitrogens with zero attached hydrogens (tertiary/aromatic N) is 1. The van der Waals surface area contributed by atoms with Crippen LogP contribution in [-0.4, -0.2) is 34.3 Å². The van der Waals surface area contributed by atoms with Gasteiger partial charge in [0.25, 0.3) is 11.1 Å². The maximum Gasteiger partial charge on any atom is 0.293 e. The highest BCUT2D eigenvalue weighted by Crippen LogP contribution is 2.41. The monoisotopic (exact) mass is 509 g/mol. The molecule has 0 radical (unpaired) electrons. The number of rotatable bonds is 6. The normalized spacial score (nSPS) is 15.9. The van der Waals surface area contributed by atoms with Crippen LogP contribution in [0.1, 0.15) is 89.1 Å². The molecule has 1 saturated heterocycles. The third-order valence-corrected chi connectivity index (χ3v) is 7.19. The van der Waals surface area contributed by atoms with Crippen LogP contribution >= 0.6 is 11.8 Å². The number of aryl methyl sites for hydroxylation is 1. The number of ether oxygens (including phenoxy) is 1. The van der Waals surface area contributed by atoms with E-state index in [4.69, 9.17) is 4.74 Å². The zero-order chi connectivity index (χ0) is 27.0. The lowest BCUT2D eigenvalue weighted by atomic mass is 9.78. The van der Waals surface area contributed by atoms with Crippen molar-refractivity contribution in [2.45, 2.75) is 79.1 Å². The third-order valence-electron chi connectivity index (χ3n) is 6.28. The Labute approximate surface area is 219 Å². The Hall–Kier alpha value is -2.73. The highest BCUT2D eigenvalue weighted by Gasteiger charge is 2.35. The van der Waals surface area contributed by atoms with E-state index in [-0.39, 0.29) is 40.9 Å². The van der Waals surface area contributed by atoms with Crippen LogP contribution in [0.4, 0.5) is 4.79 Å². The lowest BCUT2D eigenvalue weighted by Crippen LogP contribution is -2.32. The van der Waals surface area contributed by atoms with E-state index >= 15 is 0 Å². The number of carbonyl (C=O) groups excluding carboxylic acids is 2. The minimum atomic E-state index is -0.315. The molecule has 2 aromatic carbocycles. The second-order valence-corrected chi connectivity index (χ2v) is 12.8. The maximum atomic E-state index is 13.1. The Morgan fingerprint density at radius 2 is 1.58 bits per heavy atom. The summed E-state index contributed by atoms with van der Waals surface area (Å²) < 4.78 is 6.01. The Kier molecular flexibility index (Phi) is 7.99. The summed E-state index contributed by atoms with van der Waals surface area (Å²) in [6.45, 7) is 18.9. The standard InChI is InChI=1S/C30H39NO4S/c1-18(2)21-11-10-19(3)14-24(21)35-13-12-31-27(33)25(36-28(31)34)17-20-15-22(29(4,5)6)26(32)23(16-20)30(7,8)9/h10-11,14-18,32H,12-13H2,1-9H3/b25-17-. The van der Waals surface area contributed by atoms with E-state index in [0.717, 1.165) is 45.3 Å². The lowest BCUT2D eigenvalue weighted by molar-refractivity contribution is -0.123. The van der Waals surface area contributed by atoms with Gasteiger partial charge in [-0.15, -0.1) is 0 Å². The van der Waals surface area contributed by atoms with Crippen molar-refractivity contribution < 1.29 is 19.4 Å². The molecular formula is C30H39NO4S. The fraction of sp³-hybridized carbons (Fsp3) is 0.467. The van der Waals surface area contributed by atoms with Crippen LogP contribution in [0.3, 0.4) is 0 Å². The molecule has 194 valence electrons. The van der Waals surface area contributed by atoms with Crippen molar-refractivity contribution in [2.24, 2.45) is 0 Å². The molecule has 0 unspecified atom stereocenters. The van der Waals surface area contributed by atoms with Crippen molar-refractivity contribution in [3.63, 3.8) is 0 Å². The Morgan fingerprint density at radius 3 is 2.11 bits per heavy atom. The molecule has 0 aliphatic carbocycles. The van der Waals surface area contributed by atoms with Gasteiger partial charge in [-0.05, 0) is 76.4 Å². The van der Waals surface area contributed by atoms with Crippen molar-refractivity contribution >= 4 is 29.0 Å². The largest absolute Gasteiger partial charge is 0.507 e. The van der Waals surface area contributed by atoms with E-state index in [0.29, 0.717) is 10.8 Å². The Bertz CT molecular complexity index is 1160. The van der Waals surface area contributed by atoms with Gasteiger partial charge < -0.3 is 9.84 Å². The van der Waals surface area contributed by atoms with Crippen molar-refractivity contribution in [1.82, 2.24) is 4.90 Å². The van der Waals surface area contributed by atoms with Crippen LogP contribution in [0, 0.1) is 6.92 Å². The second kappa shape index (κ2) is 10.3. The molecule has 0 aromatic heterocycles. The summed E-state index contributed by atoms with van der Waals surface area (Å²) in [5.41, 5.74) is 4.06. The van der Waals surface area contributed by atoms with E-state index < -0.39 is 0 Å². The second-order valence-electron chi connectivity index (χ2n) is 11.8. The highest BCUT2D eigenvalue weighted by molar-refractivity contribution is 8.18.